The first-order valence-corrected chi connectivity index (χ1v) is 9.41. The zero-order chi connectivity index (χ0) is 20.7. The number of ether oxygens (including phenoxy) is 1. The van der Waals surface area contributed by atoms with Gasteiger partial charge in [0.1, 0.15) is 11.6 Å². The molecule has 6 nitrogen and oxygen atoms in total. The maximum Gasteiger partial charge on any atom is 0.263 e. The Hall–Kier alpha value is -4.00. The normalized spacial score (nSPS) is 11.3. The number of nitrogens with zero attached hydrogens (tertiary/aromatic N) is 4. The van der Waals surface area contributed by atoms with Crippen LogP contribution in [0, 0.1) is 5.82 Å². The fraction of sp³-hybridized carbons (Fsp3) is 0.0870. The SMILES string of the molecule is COc1ccc(-c2nnc3n(Cc4ccc(F)cc4)c(=O)c4ccccc4n23)cc1. The number of hydrogen-bond acceptors (Lipinski definition) is 4. The standard InChI is InChI=1S/C23H17FN4O2/c1-30-18-12-8-16(9-13-18)21-25-26-23-27(14-15-6-10-17(24)11-7-15)22(29)19-4-2-3-5-20(19)28(21)23/h2-13H,14H2,1H3. The summed E-state index contributed by atoms with van der Waals surface area (Å²) in [6.45, 7) is 0.258. The first kappa shape index (κ1) is 18.1. The highest BCUT2D eigenvalue weighted by Crippen LogP contribution is 2.24. The van der Waals surface area contributed by atoms with E-state index in [0.29, 0.717) is 17.0 Å². The summed E-state index contributed by atoms with van der Waals surface area (Å²) in [5, 5.41) is 9.27. The number of aromatic nitrogens is 4. The van der Waals surface area contributed by atoms with Crippen LogP contribution in [0.2, 0.25) is 0 Å². The Bertz CT molecular complexity index is 1420. The largest absolute Gasteiger partial charge is 0.497 e. The summed E-state index contributed by atoms with van der Waals surface area (Å²) in [6.07, 6.45) is 0. The van der Waals surface area contributed by atoms with E-state index in [1.54, 1.807) is 29.9 Å². The van der Waals surface area contributed by atoms with Crippen LogP contribution in [0.15, 0.2) is 77.6 Å². The molecule has 30 heavy (non-hydrogen) atoms. The molecule has 5 rings (SSSR count). The minimum atomic E-state index is -0.320. The van der Waals surface area contributed by atoms with Crippen molar-refractivity contribution in [2.75, 3.05) is 7.11 Å². The Morgan fingerprint density at radius 2 is 1.67 bits per heavy atom. The highest BCUT2D eigenvalue weighted by atomic mass is 19.1. The molecule has 0 aliphatic carbocycles. The second-order valence-corrected chi connectivity index (χ2v) is 6.92. The molecule has 148 valence electrons. The van der Waals surface area contributed by atoms with Gasteiger partial charge in [-0.25, -0.2) is 4.39 Å². The van der Waals surface area contributed by atoms with E-state index in [4.69, 9.17) is 4.74 Å². The molecule has 5 aromatic rings. The van der Waals surface area contributed by atoms with Crippen molar-refractivity contribution in [3.63, 3.8) is 0 Å². The van der Waals surface area contributed by atoms with E-state index in [2.05, 4.69) is 10.2 Å². The predicted molar refractivity (Wildman–Crippen MR) is 112 cm³/mol. The van der Waals surface area contributed by atoms with E-state index >= 15 is 0 Å². The molecule has 0 aliphatic heterocycles. The Labute approximate surface area is 170 Å². The highest BCUT2D eigenvalue weighted by molar-refractivity contribution is 5.82. The second kappa shape index (κ2) is 7.11. The smallest absolute Gasteiger partial charge is 0.263 e. The van der Waals surface area contributed by atoms with Crippen LogP contribution in [0.25, 0.3) is 28.1 Å². The van der Waals surface area contributed by atoms with E-state index < -0.39 is 0 Å². The van der Waals surface area contributed by atoms with E-state index in [1.165, 1.54) is 12.1 Å². The molecule has 0 saturated carbocycles. The molecule has 7 heteroatoms. The van der Waals surface area contributed by atoms with Crippen LogP contribution in [0.1, 0.15) is 5.56 Å². The fourth-order valence-electron chi connectivity index (χ4n) is 3.60. The number of fused-ring (bicyclic) bond motifs is 3. The number of methoxy groups -OCH3 is 1. The molecule has 0 aliphatic rings. The van der Waals surface area contributed by atoms with Crippen LogP contribution in [0.5, 0.6) is 5.75 Å². The molecule has 0 amide bonds. The van der Waals surface area contributed by atoms with Crippen LogP contribution in [-0.4, -0.2) is 26.3 Å². The van der Waals surface area contributed by atoms with Gasteiger partial charge in [0.25, 0.3) is 5.56 Å². The quantitative estimate of drug-likeness (QED) is 0.459. The highest BCUT2D eigenvalue weighted by Gasteiger charge is 2.17. The van der Waals surface area contributed by atoms with Gasteiger partial charge >= 0.3 is 0 Å². The van der Waals surface area contributed by atoms with E-state index in [1.807, 2.05) is 46.9 Å². The number of halogens is 1. The first-order chi connectivity index (χ1) is 14.7. The third-order valence-electron chi connectivity index (χ3n) is 5.11. The lowest BCUT2D eigenvalue weighted by atomic mass is 10.2. The summed E-state index contributed by atoms with van der Waals surface area (Å²) in [5.74, 6) is 1.47. The van der Waals surface area contributed by atoms with E-state index in [9.17, 15) is 9.18 Å². The molecule has 0 fully saturated rings. The van der Waals surface area contributed by atoms with Gasteiger partial charge in [0, 0.05) is 5.56 Å². The second-order valence-electron chi connectivity index (χ2n) is 6.92. The Balaban J connectivity index is 1.78. The van der Waals surface area contributed by atoms with Gasteiger partial charge in [-0.1, -0.05) is 24.3 Å². The Morgan fingerprint density at radius 1 is 0.933 bits per heavy atom. The Kier molecular flexibility index (Phi) is 4.28. The molecule has 0 spiro atoms. The zero-order valence-electron chi connectivity index (χ0n) is 16.1. The fourth-order valence-corrected chi connectivity index (χ4v) is 3.60. The zero-order valence-corrected chi connectivity index (χ0v) is 16.1. The van der Waals surface area contributed by atoms with Crippen molar-refractivity contribution in [1.82, 2.24) is 19.2 Å². The molecule has 0 radical (unpaired) electrons. The van der Waals surface area contributed by atoms with Crippen LogP contribution in [0.3, 0.4) is 0 Å². The summed E-state index contributed by atoms with van der Waals surface area (Å²) in [5.41, 5.74) is 2.20. The first-order valence-electron chi connectivity index (χ1n) is 9.41. The lowest BCUT2D eigenvalue weighted by Crippen LogP contribution is -2.24. The molecular formula is C23H17FN4O2. The average molecular weight is 400 g/mol. The summed E-state index contributed by atoms with van der Waals surface area (Å²) < 4.78 is 22.0. The maximum absolute atomic E-state index is 13.3. The van der Waals surface area contributed by atoms with Crippen molar-refractivity contribution in [2.24, 2.45) is 0 Å². The number of hydrogen-bond donors (Lipinski definition) is 0. The van der Waals surface area contributed by atoms with Gasteiger partial charge < -0.3 is 4.74 Å². The average Bonchev–Trinajstić information content (AvgIpc) is 3.23. The van der Waals surface area contributed by atoms with Crippen molar-refractivity contribution >= 4 is 16.7 Å². The minimum absolute atomic E-state index is 0.170. The maximum atomic E-state index is 13.3. The van der Waals surface area contributed by atoms with Gasteiger partial charge in [0.05, 0.1) is 24.6 Å². The molecule has 2 heterocycles. The Morgan fingerprint density at radius 3 is 2.40 bits per heavy atom. The number of benzene rings is 3. The summed E-state index contributed by atoms with van der Waals surface area (Å²) in [6, 6.07) is 21.0. The van der Waals surface area contributed by atoms with Gasteiger partial charge in [-0.05, 0) is 54.1 Å². The van der Waals surface area contributed by atoms with Crippen molar-refractivity contribution < 1.29 is 9.13 Å². The van der Waals surface area contributed by atoms with Crippen LogP contribution in [0.4, 0.5) is 4.39 Å². The molecule has 3 aromatic carbocycles. The molecule has 2 aromatic heterocycles. The van der Waals surface area contributed by atoms with Gasteiger partial charge in [0.15, 0.2) is 5.82 Å². The van der Waals surface area contributed by atoms with Gasteiger partial charge in [-0.2, -0.15) is 0 Å². The van der Waals surface area contributed by atoms with Crippen LogP contribution < -0.4 is 10.3 Å². The number of para-hydroxylation sites is 1. The molecule has 0 N–H and O–H groups in total. The van der Waals surface area contributed by atoms with Gasteiger partial charge in [-0.3, -0.25) is 13.8 Å². The van der Waals surface area contributed by atoms with Crippen molar-refractivity contribution in [3.05, 3.63) is 94.5 Å². The predicted octanol–water partition coefficient (Wildman–Crippen LogP) is 3.91. The van der Waals surface area contributed by atoms with Crippen molar-refractivity contribution in [1.29, 1.82) is 0 Å². The van der Waals surface area contributed by atoms with Crippen molar-refractivity contribution in [2.45, 2.75) is 6.54 Å². The van der Waals surface area contributed by atoms with E-state index in [0.717, 1.165) is 22.4 Å². The molecule has 0 bridgehead atoms. The molecule has 0 saturated heterocycles. The summed E-state index contributed by atoms with van der Waals surface area (Å²) in [4.78, 5) is 13.2. The van der Waals surface area contributed by atoms with E-state index in [-0.39, 0.29) is 17.9 Å². The molecule has 0 unspecified atom stereocenters. The third kappa shape index (κ3) is 2.91. The topological polar surface area (TPSA) is 61.4 Å². The third-order valence-corrected chi connectivity index (χ3v) is 5.11. The van der Waals surface area contributed by atoms with Crippen LogP contribution in [-0.2, 0) is 6.54 Å². The summed E-state index contributed by atoms with van der Waals surface area (Å²) in [7, 11) is 1.61. The lowest BCUT2D eigenvalue weighted by molar-refractivity contribution is 0.415. The lowest BCUT2D eigenvalue weighted by Gasteiger charge is -2.12. The molecule has 0 atom stereocenters. The molecular weight excluding hydrogens is 383 g/mol. The monoisotopic (exact) mass is 400 g/mol. The number of rotatable bonds is 4. The van der Waals surface area contributed by atoms with Crippen molar-refractivity contribution in [3.8, 4) is 17.1 Å². The van der Waals surface area contributed by atoms with Crippen LogP contribution >= 0.6 is 0 Å². The minimum Gasteiger partial charge on any atom is -0.497 e. The summed E-state index contributed by atoms with van der Waals surface area (Å²) >= 11 is 0. The van der Waals surface area contributed by atoms with Gasteiger partial charge in [0.2, 0.25) is 5.78 Å². The van der Waals surface area contributed by atoms with Gasteiger partial charge in [-0.15, -0.1) is 10.2 Å².